The predicted octanol–water partition coefficient (Wildman–Crippen LogP) is 0.906. The minimum absolute atomic E-state index is 0.173. The van der Waals surface area contributed by atoms with E-state index in [0.29, 0.717) is 6.04 Å². The molecule has 2 heterocycles. The van der Waals surface area contributed by atoms with Crippen molar-refractivity contribution in [3.63, 3.8) is 0 Å². The zero-order valence-corrected chi connectivity index (χ0v) is 12.9. The average molecular weight is 269 g/mol. The van der Waals surface area contributed by atoms with Gasteiger partial charge in [-0.15, -0.1) is 0 Å². The molecule has 4 nitrogen and oxygen atoms in total. The van der Waals surface area contributed by atoms with E-state index in [-0.39, 0.29) is 12.1 Å². The molecule has 0 aliphatic carbocycles. The smallest absolute Gasteiger partial charge is 0.0623 e. The van der Waals surface area contributed by atoms with Gasteiger partial charge in [0.2, 0.25) is 0 Å². The molecule has 112 valence electrons. The maximum absolute atomic E-state index is 9.67. The van der Waals surface area contributed by atoms with Gasteiger partial charge in [0.1, 0.15) is 0 Å². The van der Waals surface area contributed by atoms with Crippen molar-refractivity contribution >= 4 is 0 Å². The molecule has 0 aromatic rings. The molecule has 2 aliphatic rings. The molecule has 0 saturated carbocycles. The summed E-state index contributed by atoms with van der Waals surface area (Å²) in [5, 5.41) is 13.2. The van der Waals surface area contributed by atoms with Crippen LogP contribution < -0.4 is 5.32 Å². The van der Waals surface area contributed by atoms with Gasteiger partial charge >= 0.3 is 0 Å². The van der Waals surface area contributed by atoms with Crippen LogP contribution in [0.5, 0.6) is 0 Å². The molecular weight excluding hydrogens is 238 g/mol. The Balaban J connectivity index is 1.82. The number of likely N-dealkylation sites (tertiary alicyclic amines) is 2. The quantitative estimate of drug-likeness (QED) is 0.752. The van der Waals surface area contributed by atoms with E-state index in [0.717, 1.165) is 12.6 Å². The van der Waals surface area contributed by atoms with Crippen LogP contribution >= 0.6 is 0 Å². The van der Waals surface area contributed by atoms with E-state index >= 15 is 0 Å². The molecule has 0 aromatic carbocycles. The fourth-order valence-corrected chi connectivity index (χ4v) is 3.69. The lowest BCUT2D eigenvalue weighted by Crippen LogP contribution is -2.56. The van der Waals surface area contributed by atoms with E-state index in [2.05, 4.69) is 35.9 Å². The fraction of sp³-hybridized carbons (Fsp3) is 1.00. The summed E-state index contributed by atoms with van der Waals surface area (Å²) in [4.78, 5) is 5.18. The van der Waals surface area contributed by atoms with Gasteiger partial charge in [-0.1, -0.05) is 13.8 Å². The summed E-state index contributed by atoms with van der Waals surface area (Å²) in [7, 11) is 0. The summed E-state index contributed by atoms with van der Waals surface area (Å²) in [5.74, 6) is 0. The number of nitrogens with zero attached hydrogens (tertiary/aromatic N) is 2. The largest absolute Gasteiger partial charge is 0.394 e. The Labute approximate surface area is 118 Å². The Kier molecular flexibility index (Phi) is 5.23. The molecule has 2 fully saturated rings. The van der Waals surface area contributed by atoms with Crippen LogP contribution in [-0.4, -0.2) is 71.9 Å². The number of rotatable bonds is 6. The first-order valence-corrected chi connectivity index (χ1v) is 7.87. The molecule has 2 unspecified atom stereocenters. The summed E-state index contributed by atoms with van der Waals surface area (Å²) < 4.78 is 0. The van der Waals surface area contributed by atoms with Crippen molar-refractivity contribution in [2.75, 3.05) is 39.3 Å². The van der Waals surface area contributed by atoms with Gasteiger partial charge in [-0.3, -0.25) is 9.80 Å². The highest BCUT2D eigenvalue weighted by molar-refractivity contribution is 4.92. The van der Waals surface area contributed by atoms with Gasteiger partial charge in [-0.2, -0.15) is 0 Å². The summed E-state index contributed by atoms with van der Waals surface area (Å²) >= 11 is 0. The third-order valence-electron chi connectivity index (χ3n) is 4.46. The monoisotopic (exact) mass is 269 g/mol. The van der Waals surface area contributed by atoms with E-state index < -0.39 is 0 Å². The third kappa shape index (κ3) is 4.15. The van der Waals surface area contributed by atoms with Crippen LogP contribution in [0.2, 0.25) is 0 Å². The third-order valence-corrected chi connectivity index (χ3v) is 4.46. The first-order chi connectivity index (χ1) is 9.02. The highest BCUT2D eigenvalue weighted by atomic mass is 16.3. The molecule has 2 N–H and O–H groups in total. The highest BCUT2D eigenvalue weighted by Gasteiger charge is 2.33. The minimum Gasteiger partial charge on any atom is -0.394 e. The van der Waals surface area contributed by atoms with Gasteiger partial charge in [0, 0.05) is 25.2 Å². The Hall–Kier alpha value is -0.160. The molecule has 0 amide bonds. The Morgan fingerprint density at radius 1 is 1.26 bits per heavy atom. The lowest BCUT2D eigenvalue weighted by Gasteiger charge is -2.35. The maximum Gasteiger partial charge on any atom is 0.0623 e. The number of aliphatic hydroxyl groups is 1. The number of hydrogen-bond acceptors (Lipinski definition) is 4. The number of nitrogens with one attached hydrogen (secondary N) is 1. The van der Waals surface area contributed by atoms with Crippen LogP contribution in [0.25, 0.3) is 0 Å². The van der Waals surface area contributed by atoms with Gasteiger partial charge in [-0.25, -0.2) is 0 Å². The summed E-state index contributed by atoms with van der Waals surface area (Å²) in [6.45, 7) is 12.5. The molecule has 0 bridgehead atoms. The van der Waals surface area contributed by atoms with Crippen LogP contribution in [-0.2, 0) is 0 Å². The molecule has 2 aliphatic heterocycles. The Morgan fingerprint density at radius 2 is 1.95 bits per heavy atom. The number of aliphatic hydroxyl groups excluding tert-OH is 1. The standard InChI is InChI=1S/C15H31N3O/c1-13(2)16-15(3,12-19)11-17-9-6-14(10-17)18-7-4-5-8-18/h13-14,16,19H,4-12H2,1-3H3. The van der Waals surface area contributed by atoms with E-state index in [1.165, 1.54) is 45.4 Å². The molecular formula is C15H31N3O. The van der Waals surface area contributed by atoms with Crippen LogP contribution in [0.3, 0.4) is 0 Å². The number of hydrogen-bond donors (Lipinski definition) is 2. The highest BCUT2D eigenvalue weighted by Crippen LogP contribution is 2.21. The van der Waals surface area contributed by atoms with Crippen molar-refractivity contribution in [1.82, 2.24) is 15.1 Å². The molecule has 2 rings (SSSR count). The SMILES string of the molecule is CC(C)NC(C)(CO)CN1CCC(N2CCCC2)C1. The van der Waals surface area contributed by atoms with Crippen LogP contribution in [0.4, 0.5) is 0 Å². The predicted molar refractivity (Wildman–Crippen MR) is 79.4 cm³/mol. The zero-order valence-electron chi connectivity index (χ0n) is 12.9. The summed E-state index contributed by atoms with van der Waals surface area (Å²) in [6, 6.07) is 1.17. The van der Waals surface area contributed by atoms with E-state index in [9.17, 15) is 5.11 Å². The first kappa shape index (κ1) is 15.2. The van der Waals surface area contributed by atoms with E-state index in [4.69, 9.17) is 0 Å². The van der Waals surface area contributed by atoms with Crippen LogP contribution in [0.15, 0.2) is 0 Å². The zero-order chi connectivity index (χ0) is 13.9. The van der Waals surface area contributed by atoms with E-state index in [1.54, 1.807) is 0 Å². The van der Waals surface area contributed by atoms with Crippen molar-refractivity contribution in [3.8, 4) is 0 Å². The normalized spacial score (nSPS) is 29.2. The van der Waals surface area contributed by atoms with E-state index in [1.807, 2.05) is 0 Å². The molecule has 2 saturated heterocycles. The lowest BCUT2D eigenvalue weighted by molar-refractivity contribution is 0.119. The average Bonchev–Trinajstić information content (AvgIpc) is 2.97. The first-order valence-electron chi connectivity index (χ1n) is 7.87. The van der Waals surface area contributed by atoms with Gasteiger partial charge in [0.15, 0.2) is 0 Å². The minimum atomic E-state index is -0.173. The topological polar surface area (TPSA) is 38.7 Å². The second-order valence-corrected chi connectivity index (χ2v) is 6.94. The molecule has 0 spiro atoms. The lowest BCUT2D eigenvalue weighted by atomic mass is 10.0. The molecule has 2 atom stereocenters. The van der Waals surface area contributed by atoms with Crippen molar-refractivity contribution in [1.29, 1.82) is 0 Å². The maximum atomic E-state index is 9.67. The van der Waals surface area contributed by atoms with Crippen molar-refractivity contribution in [2.45, 2.75) is 57.7 Å². The summed E-state index contributed by atoms with van der Waals surface area (Å²) in [6.07, 6.45) is 4.04. The Bertz CT molecular complexity index is 279. The van der Waals surface area contributed by atoms with Crippen molar-refractivity contribution in [3.05, 3.63) is 0 Å². The molecule has 4 heteroatoms. The van der Waals surface area contributed by atoms with Gasteiger partial charge in [0.25, 0.3) is 0 Å². The van der Waals surface area contributed by atoms with Crippen molar-refractivity contribution in [2.24, 2.45) is 0 Å². The van der Waals surface area contributed by atoms with Gasteiger partial charge in [-0.05, 0) is 45.8 Å². The van der Waals surface area contributed by atoms with Crippen molar-refractivity contribution < 1.29 is 5.11 Å². The molecule has 0 aromatic heterocycles. The molecule has 0 radical (unpaired) electrons. The molecule has 19 heavy (non-hydrogen) atoms. The second-order valence-electron chi connectivity index (χ2n) is 6.94. The fourth-order valence-electron chi connectivity index (χ4n) is 3.69. The second kappa shape index (κ2) is 6.53. The van der Waals surface area contributed by atoms with Gasteiger partial charge in [0.05, 0.1) is 12.1 Å². The van der Waals surface area contributed by atoms with Gasteiger partial charge < -0.3 is 10.4 Å². The van der Waals surface area contributed by atoms with Crippen LogP contribution in [0.1, 0.15) is 40.0 Å². The summed E-state index contributed by atoms with van der Waals surface area (Å²) in [5.41, 5.74) is -0.173. The van der Waals surface area contributed by atoms with Crippen LogP contribution in [0, 0.1) is 0 Å². The Morgan fingerprint density at radius 3 is 2.53 bits per heavy atom.